The van der Waals surface area contributed by atoms with Gasteiger partial charge in [0.2, 0.25) is 10.0 Å². The molecule has 1 aromatic rings. The zero-order valence-corrected chi connectivity index (χ0v) is 9.21. The number of nitrogens with zero attached hydrogens (tertiary/aromatic N) is 2. The van der Waals surface area contributed by atoms with Crippen molar-refractivity contribution >= 4 is 15.8 Å². The highest BCUT2D eigenvalue weighted by Gasteiger charge is 2.34. The normalized spacial score (nSPS) is 11.9. The zero-order valence-electron chi connectivity index (χ0n) is 8.39. The summed E-state index contributed by atoms with van der Waals surface area (Å²) in [7, 11) is -4.51. The molecule has 0 aromatic carbocycles. The smallest absolute Gasteiger partial charge is 0.403 e. The van der Waals surface area contributed by atoms with Crippen LogP contribution in [0.2, 0.25) is 0 Å². The fraction of sp³-hybridized carbons (Fsp3) is 0.143. The number of sulfonamides is 1. The van der Waals surface area contributed by atoms with E-state index in [1.54, 1.807) is 0 Å². The van der Waals surface area contributed by atoms with Crippen molar-refractivity contribution in [2.45, 2.75) is 11.3 Å². The first kappa shape index (κ1) is 14.0. The van der Waals surface area contributed by atoms with Gasteiger partial charge in [-0.2, -0.15) is 5.26 Å². The van der Waals surface area contributed by atoms with E-state index in [-0.39, 0.29) is 0 Å². The standard InChI is InChI=1S/C7H5F3N4O3S/c8-7(9,10)17-4-2-14-6(12)5(3(4)1-11)18(13,15)16/h2H,(H2,12,14)(H2,13,15,16). The van der Waals surface area contributed by atoms with E-state index < -0.39 is 38.4 Å². The van der Waals surface area contributed by atoms with Crippen LogP contribution in [0.3, 0.4) is 0 Å². The average molecular weight is 282 g/mol. The van der Waals surface area contributed by atoms with Crippen LogP contribution in [0.5, 0.6) is 5.75 Å². The number of nitrogens with two attached hydrogens (primary N) is 2. The van der Waals surface area contributed by atoms with Gasteiger partial charge in [0.05, 0.1) is 6.20 Å². The summed E-state index contributed by atoms with van der Waals surface area (Å²) in [5.74, 6) is -1.79. The van der Waals surface area contributed by atoms with E-state index in [1.165, 1.54) is 6.07 Å². The van der Waals surface area contributed by atoms with E-state index in [1.807, 2.05) is 0 Å². The second-order valence-electron chi connectivity index (χ2n) is 2.92. The molecule has 0 aliphatic carbocycles. The first-order valence-corrected chi connectivity index (χ1v) is 5.58. The third kappa shape index (κ3) is 2.99. The van der Waals surface area contributed by atoms with Crippen molar-refractivity contribution in [3.05, 3.63) is 11.8 Å². The lowest BCUT2D eigenvalue weighted by Gasteiger charge is -2.12. The number of hydrogen-bond donors (Lipinski definition) is 2. The van der Waals surface area contributed by atoms with Gasteiger partial charge in [0.1, 0.15) is 22.3 Å². The maximum atomic E-state index is 12.0. The van der Waals surface area contributed by atoms with Gasteiger partial charge in [0.15, 0.2) is 5.75 Å². The maximum absolute atomic E-state index is 12.0. The molecule has 0 aliphatic heterocycles. The number of primary sulfonamides is 1. The average Bonchev–Trinajstić information content (AvgIpc) is 2.16. The third-order valence-electron chi connectivity index (χ3n) is 1.65. The van der Waals surface area contributed by atoms with Gasteiger partial charge in [-0.3, -0.25) is 0 Å². The van der Waals surface area contributed by atoms with E-state index in [4.69, 9.17) is 16.1 Å². The minimum absolute atomic E-state index is 0.482. The first-order valence-electron chi connectivity index (χ1n) is 4.03. The van der Waals surface area contributed by atoms with Crippen LogP contribution in [0.1, 0.15) is 5.56 Å². The van der Waals surface area contributed by atoms with Gasteiger partial charge >= 0.3 is 6.36 Å². The number of alkyl halides is 3. The molecular weight excluding hydrogens is 277 g/mol. The van der Waals surface area contributed by atoms with Crippen molar-refractivity contribution in [3.8, 4) is 11.8 Å². The molecule has 1 heterocycles. The second kappa shape index (κ2) is 4.31. The molecule has 4 N–H and O–H groups in total. The summed E-state index contributed by atoms with van der Waals surface area (Å²) in [5, 5.41) is 13.4. The Labute approximate surface area is 98.8 Å². The third-order valence-corrected chi connectivity index (χ3v) is 2.63. The highest BCUT2D eigenvalue weighted by Crippen LogP contribution is 2.31. The number of anilines is 1. The molecule has 0 atom stereocenters. The summed E-state index contributed by atoms with van der Waals surface area (Å²) in [5.41, 5.74) is 4.20. The molecule has 0 bridgehead atoms. The number of nitrogen functional groups attached to an aromatic ring is 1. The monoisotopic (exact) mass is 282 g/mol. The van der Waals surface area contributed by atoms with Crippen LogP contribution in [-0.2, 0) is 10.0 Å². The highest BCUT2D eigenvalue weighted by atomic mass is 32.2. The van der Waals surface area contributed by atoms with Gasteiger partial charge in [-0.05, 0) is 0 Å². The highest BCUT2D eigenvalue weighted by molar-refractivity contribution is 7.89. The van der Waals surface area contributed by atoms with Crippen LogP contribution in [0.4, 0.5) is 19.0 Å². The van der Waals surface area contributed by atoms with Crippen molar-refractivity contribution in [3.63, 3.8) is 0 Å². The number of rotatable bonds is 2. The fourth-order valence-electron chi connectivity index (χ4n) is 1.09. The van der Waals surface area contributed by atoms with Gasteiger partial charge < -0.3 is 10.5 Å². The molecule has 0 unspecified atom stereocenters. The molecule has 0 radical (unpaired) electrons. The van der Waals surface area contributed by atoms with Crippen molar-refractivity contribution in [2.24, 2.45) is 5.14 Å². The molecule has 98 valence electrons. The Morgan fingerprint density at radius 2 is 2.00 bits per heavy atom. The minimum atomic E-state index is -5.11. The quantitative estimate of drug-likeness (QED) is 0.789. The molecule has 0 saturated heterocycles. The number of aromatic nitrogens is 1. The van der Waals surface area contributed by atoms with Crippen LogP contribution in [0.15, 0.2) is 11.1 Å². The maximum Gasteiger partial charge on any atom is 0.573 e. The largest absolute Gasteiger partial charge is 0.573 e. The molecule has 0 aliphatic rings. The summed E-state index contributed by atoms with van der Waals surface area (Å²) in [6.45, 7) is 0. The lowest BCUT2D eigenvalue weighted by atomic mass is 10.2. The van der Waals surface area contributed by atoms with Crippen LogP contribution in [0, 0.1) is 11.3 Å². The summed E-state index contributed by atoms with van der Waals surface area (Å²) in [6.07, 6.45) is -4.63. The van der Waals surface area contributed by atoms with Gasteiger partial charge in [-0.15, -0.1) is 13.2 Å². The summed E-state index contributed by atoms with van der Waals surface area (Å²) < 4.78 is 61.7. The van der Waals surface area contributed by atoms with Crippen LogP contribution in [0.25, 0.3) is 0 Å². The van der Waals surface area contributed by atoms with E-state index >= 15 is 0 Å². The Hall–Kier alpha value is -2.06. The Morgan fingerprint density at radius 1 is 1.44 bits per heavy atom. The van der Waals surface area contributed by atoms with Crippen LogP contribution >= 0.6 is 0 Å². The molecule has 0 spiro atoms. The van der Waals surface area contributed by atoms with Crippen molar-refractivity contribution in [1.82, 2.24) is 4.98 Å². The summed E-state index contributed by atoms with van der Waals surface area (Å²) in [4.78, 5) is 2.17. The fourth-order valence-corrected chi connectivity index (χ4v) is 1.86. The molecule has 0 saturated carbocycles. The van der Waals surface area contributed by atoms with Crippen LogP contribution in [-0.4, -0.2) is 19.8 Å². The summed E-state index contributed by atoms with van der Waals surface area (Å²) in [6, 6.07) is 1.23. The number of hydrogen-bond acceptors (Lipinski definition) is 6. The molecule has 1 rings (SSSR count). The van der Waals surface area contributed by atoms with Gasteiger partial charge in [0.25, 0.3) is 0 Å². The molecular formula is C7H5F3N4O3S. The van der Waals surface area contributed by atoms with Crippen LogP contribution < -0.4 is 15.6 Å². The predicted molar refractivity (Wildman–Crippen MR) is 51.4 cm³/mol. The predicted octanol–water partition coefficient (Wildman–Crippen LogP) is 0.0815. The van der Waals surface area contributed by atoms with Crippen molar-refractivity contribution < 1.29 is 26.3 Å². The number of ether oxygens (including phenoxy) is 1. The van der Waals surface area contributed by atoms with Gasteiger partial charge in [0, 0.05) is 0 Å². The van der Waals surface area contributed by atoms with Gasteiger partial charge in [-0.25, -0.2) is 18.5 Å². The Balaban J connectivity index is 3.56. The molecule has 7 nitrogen and oxygen atoms in total. The van der Waals surface area contributed by atoms with E-state index in [0.717, 1.165) is 0 Å². The Morgan fingerprint density at radius 3 is 2.39 bits per heavy atom. The number of halogens is 3. The summed E-state index contributed by atoms with van der Waals surface area (Å²) >= 11 is 0. The number of nitriles is 1. The van der Waals surface area contributed by atoms with Crippen molar-refractivity contribution in [1.29, 1.82) is 5.26 Å². The molecule has 11 heteroatoms. The Kier molecular flexibility index (Phi) is 3.36. The molecule has 0 amide bonds. The molecule has 1 aromatic heterocycles. The van der Waals surface area contributed by atoms with E-state index in [0.29, 0.717) is 6.20 Å². The molecule has 18 heavy (non-hydrogen) atoms. The molecule has 0 fully saturated rings. The van der Waals surface area contributed by atoms with E-state index in [2.05, 4.69) is 9.72 Å². The minimum Gasteiger partial charge on any atom is -0.403 e. The zero-order chi connectivity index (χ0) is 14.1. The lowest BCUT2D eigenvalue weighted by Crippen LogP contribution is -2.21. The topological polar surface area (TPSA) is 132 Å². The lowest BCUT2D eigenvalue weighted by molar-refractivity contribution is -0.274. The van der Waals surface area contributed by atoms with Crippen molar-refractivity contribution in [2.75, 3.05) is 5.73 Å². The Bertz CT molecular complexity index is 620. The first-order chi connectivity index (χ1) is 8.06. The van der Waals surface area contributed by atoms with Gasteiger partial charge in [-0.1, -0.05) is 0 Å². The SMILES string of the molecule is N#Cc1c(OC(F)(F)F)cnc(N)c1S(N)(=O)=O. The second-order valence-corrected chi connectivity index (χ2v) is 4.41. The number of pyridine rings is 1. The van der Waals surface area contributed by atoms with E-state index in [9.17, 15) is 21.6 Å².